The maximum absolute atomic E-state index is 12.3. The number of hydrogen-bond donors (Lipinski definition) is 1. The van der Waals surface area contributed by atoms with Gasteiger partial charge in [-0.2, -0.15) is 0 Å². The topological polar surface area (TPSA) is 55.4 Å². The molecule has 0 unspecified atom stereocenters. The van der Waals surface area contributed by atoms with Gasteiger partial charge < -0.3 is 10.1 Å². The van der Waals surface area contributed by atoms with Gasteiger partial charge in [0.1, 0.15) is 5.00 Å². The van der Waals surface area contributed by atoms with E-state index in [0.717, 1.165) is 36.2 Å². The summed E-state index contributed by atoms with van der Waals surface area (Å²) in [5.41, 5.74) is 1.76. The Morgan fingerprint density at radius 1 is 1.33 bits per heavy atom. The summed E-state index contributed by atoms with van der Waals surface area (Å²) >= 11 is 3.01. The normalized spacial score (nSPS) is 13.7. The molecule has 0 spiro atoms. The van der Waals surface area contributed by atoms with E-state index < -0.39 is 0 Å². The van der Waals surface area contributed by atoms with Gasteiger partial charge >= 0.3 is 5.97 Å². The Morgan fingerprint density at radius 2 is 2.17 bits per heavy atom. The monoisotopic (exact) mass is 361 g/mol. The molecule has 0 aliphatic heterocycles. The number of thiophene rings is 2. The Hall–Kier alpha value is -1.92. The van der Waals surface area contributed by atoms with Crippen LogP contribution < -0.4 is 5.32 Å². The number of allylic oxidation sites excluding steroid dienone is 1. The number of hydrogen-bond acceptors (Lipinski definition) is 6. The number of ketones is 1. The molecule has 0 saturated heterocycles. The minimum atomic E-state index is -0.280. The predicted octanol–water partition coefficient (Wildman–Crippen LogP) is 4.67. The minimum Gasteiger partial charge on any atom is -0.462 e. The number of aryl methyl sites for hydroxylation is 1. The SMILES string of the molecule is CCOC(=O)c1c(N/C=C/C(=O)c2cccs2)sc2c1CCCC2. The maximum Gasteiger partial charge on any atom is 0.341 e. The van der Waals surface area contributed by atoms with Gasteiger partial charge in [0.05, 0.1) is 17.0 Å². The molecule has 3 rings (SSSR count). The van der Waals surface area contributed by atoms with Crippen molar-refractivity contribution in [2.24, 2.45) is 0 Å². The van der Waals surface area contributed by atoms with Crippen molar-refractivity contribution < 1.29 is 14.3 Å². The molecule has 2 aromatic rings. The molecule has 1 aliphatic carbocycles. The molecule has 126 valence electrons. The lowest BCUT2D eigenvalue weighted by Crippen LogP contribution is -2.10. The van der Waals surface area contributed by atoms with Crippen LogP contribution in [0, 0.1) is 0 Å². The highest BCUT2D eigenvalue weighted by Crippen LogP contribution is 2.38. The first-order valence-electron chi connectivity index (χ1n) is 8.03. The quantitative estimate of drug-likeness (QED) is 0.461. The minimum absolute atomic E-state index is 0.0449. The first-order valence-corrected chi connectivity index (χ1v) is 9.73. The molecule has 0 atom stereocenters. The van der Waals surface area contributed by atoms with Crippen LogP contribution in [-0.2, 0) is 17.6 Å². The smallest absolute Gasteiger partial charge is 0.341 e. The fraction of sp³-hybridized carbons (Fsp3) is 0.333. The fourth-order valence-corrected chi connectivity index (χ4v) is 4.68. The van der Waals surface area contributed by atoms with Crippen molar-refractivity contribution in [2.75, 3.05) is 11.9 Å². The standard InChI is InChI=1S/C18H19NO3S2/c1-2-22-18(21)16-12-6-3-4-7-14(12)24-17(16)19-10-9-13(20)15-8-5-11-23-15/h5,8-11,19H,2-4,6-7H2,1H3/b10-9+. The first kappa shape index (κ1) is 16.9. The molecule has 0 amide bonds. The van der Waals surface area contributed by atoms with Crippen LogP contribution in [0.2, 0.25) is 0 Å². The van der Waals surface area contributed by atoms with Gasteiger partial charge in [-0.05, 0) is 49.6 Å². The lowest BCUT2D eigenvalue weighted by Gasteiger charge is -2.12. The van der Waals surface area contributed by atoms with Gasteiger partial charge in [0.25, 0.3) is 0 Å². The molecule has 0 radical (unpaired) electrons. The van der Waals surface area contributed by atoms with Crippen molar-refractivity contribution in [3.05, 3.63) is 50.7 Å². The van der Waals surface area contributed by atoms with Gasteiger partial charge in [-0.15, -0.1) is 22.7 Å². The third kappa shape index (κ3) is 3.60. The molecule has 4 nitrogen and oxygen atoms in total. The lowest BCUT2D eigenvalue weighted by molar-refractivity contribution is 0.0526. The zero-order valence-electron chi connectivity index (χ0n) is 13.5. The second-order valence-electron chi connectivity index (χ2n) is 5.45. The van der Waals surface area contributed by atoms with E-state index in [-0.39, 0.29) is 11.8 Å². The molecule has 0 aromatic carbocycles. The summed E-state index contributed by atoms with van der Waals surface area (Å²) in [5, 5.41) is 5.77. The Kier molecular flexibility index (Phi) is 5.48. The number of ether oxygens (including phenoxy) is 1. The van der Waals surface area contributed by atoms with E-state index >= 15 is 0 Å². The zero-order chi connectivity index (χ0) is 16.9. The van der Waals surface area contributed by atoms with Crippen molar-refractivity contribution in [1.82, 2.24) is 0 Å². The van der Waals surface area contributed by atoms with Crippen molar-refractivity contribution >= 4 is 39.4 Å². The highest BCUT2D eigenvalue weighted by Gasteiger charge is 2.25. The summed E-state index contributed by atoms with van der Waals surface area (Å²) in [6.45, 7) is 2.17. The van der Waals surface area contributed by atoms with Gasteiger partial charge in [-0.1, -0.05) is 6.07 Å². The molecule has 24 heavy (non-hydrogen) atoms. The highest BCUT2D eigenvalue weighted by molar-refractivity contribution is 7.16. The molecule has 0 saturated carbocycles. The summed E-state index contributed by atoms with van der Waals surface area (Å²) in [5.74, 6) is -0.325. The molecular formula is C18H19NO3S2. The second-order valence-corrected chi connectivity index (χ2v) is 7.51. The van der Waals surface area contributed by atoms with Crippen LogP contribution in [0.5, 0.6) is 0 Å². The van der Waals surface area contributed by atoms with Crippen molar-refractivity contribution in [2.45, 2.75) is 32.6 Å². The van der Waals surface area contributed by atoms with E-state index in [1.54, 1.807) is 23.6 Å². The van der Waals surface area contributed by atoms with Crippen molar-refractivity contribution in [3.8, 4) is 0 Å². The molecule has 6 heteroatoms. The fourth-order valence-electron chi connectivity index (χ4n) is 2.78. The highest BCUT2D eigenvalue weighted by atomic mass is 32.1. The van der Waals surface area contributed by atoms with Gasteiger partial charge in [-0.25, -0.2) is 4.79 Å². The van der Waals surface area contributed by atoms with Crippen molar-refractivity contribution in [1.29, 1.82) is 0 Å². The van der Waals surface area contributed by atoms with Crippen LogP contribution in [0.15, 0.2) is 29.8 Å². The third-order valence-corrected chi connectivity index (χ3v) is 5.97. The zero-order valence-corrected chi connectivity index (χ0v) is 15.1. The molecule has 1 N–H and O–H groups in total. The number of nitrogens with one attached hydrogen (secondary N) is 1. The number of esters is 1. The molecule has 2 heterocycles. The number of carbonyl (C=O) groups is 2. The Balaban J connectivity index is 1.80. The first-order chi connectivity index (χ1) is 11.7. The number of fused-ring (bicyclic) bond motifs is 1. The van der Waals surface area contributed by atoms with Crippen molar-refractivity contribution in [3.63, 3.8) is 0 Å². The number of rotatable bonds is 6. The van der Waals surface area contributed by atoms with Gasteiger partial charge in [-0.3, -0.25) is 4.79 Å². The third-order valence-electron chi connectivity index (χ3n) is 3.86. The summed E-state index contributed by atoms with van der Waals surface area (Å²) < 4.78 is 5.22. The summed E-state index contributed by atoms with van der Waals surface area (Å²) in [4.78, 5) is 26.3. The predicted molar refractivity (Wildman–Crippen MR) is 98.3 cm³/mol. The Morgan fingerprint density at radius 3 is 2.92 bits per heavy atom. The van der Waals surface area contributed by atoms with Crippen LogP contribution in [0.1, 0.15) is 50.2 Å². The number of anilines is 1. The van der Waals surface area contributed by atoms with Crippen LogP contribution in [0.3, 0.4) is 0 Å². The van der Waals surface area contributed by atoms with E-state index in [2.05, 4.69) is 5.32 Å². The van der Waals surface area contributed by atoms with E-state index in [4.69, 9.17) is 4.74 Å². The maximum atomic E-state index is 12.3. The Labute approximate surface area is 149 Å². The van der Waals surface area contributed by atoms with Gasteiger partial charge in [0, 0.05) is 17.2 Å². The molecule has 1 aliphatic rings. The molecule has 0 fully saturated rings. The average Bonchev–Trinajstić information content (AvgIpc) is 3.22. The largest absolute Gasteiger partial charge is 0.462 e. The van der Waals surface area contributed by atoms with Crippen LogP contribution >= 0.6 is 22.7 Å². The van der Waals surface area contributed by atoms with Crippen LogP contribution in [0.4, 0.5) is 5.00 Å². The average molecular weight is 361 g/mol. The van der Waals surface area contributed by atoms with E-state index in [9.17, 15) is 9.59 Å². The number of carbonyl (C=O) groups excluding carboxylic acids is 2. The van der Waals surface area contributed by atoms with E-state index in [0.29, 0.717) is 17.0 Å². The Bertz CT molecular complexity index is 760. The van der Waals surface area contributed by atoms with E-state index in [1.807, 2.05) is 18.4 Å². The van der Waals surface area contributed by atoms with Crippen LogP contribution in [-0.4, -0.2) is 18.4 Å². The van der Waals surface area contributed by atoms with Gasteiger partial charge in [0.2, 0.25) is 0 Å². The van der Waals surface area contributed by atoms with E-state index in [1.165, 1.54) is 22.3 Å². The molecule has 0 bridgehead atoms. The van der Waals surface area contributed by atoms with Gasteiger partial charge in [0.15, 0.2) is 5.78 Å². The molecular weight excluding hydrogens is 342 g/mol. The summed E-state index contributed by atoms with van der Waals surface area (Å²) in [6.07, 6.45) is 7.29. The summed E-state index contributed by atoms with van der Waals surface area (Å²) in [7, 11) is 0. The lowest BCUT2D eigenvalue weighted by atomic mass is 9.95. The summed E-state index contributed by atoms with van der Waals surface area (Å²) in [6, 6.07) is 3.65. The molecule has 2 aromatic heterocycles. The second kappa shape index (κ2) is 7.77. The van der Waals surface area contributed by atoms with Crippen LogP contribution in [0.25, 0.3) is 0 Å².